The van der Waals surface area contributed by atoms with Crippen molar-refractivity contribution in [1.29, 1.82) is 0 Å². The Morgan fingerprint density at radius 3 is 2.44 bits per heavy atom. The van der Waals surface area contributed by atoms with Crippen molar-refractivity contribution in [1.82, 2.24) is 0 Å². The predicted molar refractivity (Wildman–Crippen MR) is 55.8 cm³/mol. The maximum absolute atomic E-state index is 11.2. The fourth-order valence-corrected chi connectivity index (χ4v) is 1.66. The molecule has 86 valence electrons. The van der Waals surface area contributed by atoms with Gasteiger partial charge in [-0.1, -0.05) is 6.07 Å². The van der Waals surface area contributed by atoms with Crippen LogP contribution in [0.15, 0.2) is 29.2 Å². The molecule has 1 rings (SSSR count). The van der Waals surface area contributed by atoms with Crippen LogP contribution in [0.2, 0.25) is 0 Å². The number of carboxylic acid groups (broad SMARTS) is 1. The lowest BCUT2D eigenvalue weighted by atomic mass is 10.3. The Balaban J connectivity index is 3.01. The zero-order valence-corrected chi connectivity index (χ0v) is 9.11. The van der Waals surface area contributed by atoms with Crippen LogP contribution in [-0.2, 0) is 19.4 Å². The van der Waals surface area contributed by atoms with Crippen LogP contribution in [0.5, 0.6) is 0 Å². The maximum atomic E-state index is 11.2. The maximum Gasteiger partial charge on any atom is 0.394 e. The summed E-state index contributed by atoms with van der Waals surface area (Å²) in [5, 5.41) is 10.4. The number of carboxylic acids is 1. The number of sulfone groups is 1. The standard InChI is InChI=1S/C9H9NO5S/c1-16(14,15)7-4-2-3-6(5-7)10-8(11)9(12)13/h2-5H,1H3,(H,10,11)(H,12,13). The zero-order chi connectivity index (χ0) is 12.3. The van der Waals surface area contributed by atoms with E-state index >= 15 is 0 Å². The first-order chi connectivity index (χ1) is 7.30. The lowest BCUT2D eigenvalue weighted by Gasteiger charge is -2.03. The summed E-state index contributed by atoms with van der Waals surface area (Å²) in [7, 11) is -3.38. The molecule has 0 aliphatic heterocycles. The summed E-state index contributed by atoms with van der Waals surface area (Å²) in [6, 6.07) is 5.35. The van der Waals surface area contributed by atoms with Crippen LogP contribution in [-0.4, -0.2) is 31.7 Å². The molecule has 0 spiro atoms. The third-order valence-corrected chi connectivity index (χ3v) is 2.82. The molecule has 0 fully saturated rings. The molecule has 6 nitrogen and oxygen atoms in total. The molecule has 16 heavy (non-hydrogen) atoms. The molecule has 0 saturated carbocycles. The van der Waals surface area contributed by atoms with Gasteiger partial charge in [0.2, 0.25) is 0 Å². The minimum atomic E-state index is -3.38. The second-order valence-corrected chi connectivity index (χ2v) is 5.08. The largest absolute Gasteiger partial charge is 0.474 e. The lowest BCUT2D eigenvalue weighted by molar-refractivity contribution is -0.147. The average molecular weight is 243 g/mol. The minimum absolute atomic E-state index is 0.00990. The van der Waals surface area contributed by atoms with Gasteiger partial charge in [-0.2, -0.15) is 0 Å². The SMILES string of the molecule is CS(=O)(=O)c1cccc(NC(=O)C(=O)O)c1. The first kappa shape index (κ1) is 12.2. The van der Waals surface area contributed by atoms with Gasteiger partial charge >= 0.3 is 11.9 Å². The summed E-state index contributed by atoms with van der Waals surface area (Å²) in [6.45, 7) is 0. The quantitative estimate of drug-likeness (QED) is 0.718. The van der Waals surface area contributed by atoms with E-state index in [0.717, 1.165) is 6.26 Å². The van der Waals surface area contributed by atoms with E-state index < -0.39 is 21.7 Å². The predicted octanol–water partition coefficient (Wildman–Crippen LogP) is 0.113. The van der Waals surface area contributed by atoms with Crippen molar-refractivity contribution in [2.75, 3.05) is 11.6 Å². The fourth-order valence-electron chi connectivity index (χ4n) is 0.989. The Bertz CT molecular complexity index is 535. The van der Waals surface area contributed by atoms with Crippen LogP contribution < -0.4 is 5.32 Å². The van der Waals surface area contributed by atoms with E-state index in [9.17, 15) is 18.0 Å². The van der Waals surface area contributed by atoms with E-state index in [4.69, 9.17) is 5.11 Å². The van der Waals surface area contributed by atoms with Gasteiger partial charge in [0, 0.05) is 11.9 Å². The summed E-state index contributed by atoms with van der Waals surface area (Å²) in [6.07, 6.45) is 1.02. The van der Waals surface area contributed by atoms with Crippen LogP contribution in [0.4, 0.5) is 5.69 Å². The molecule has 1 aromatic rings. The topological polar surface area (TPSA) is 101 Å². The third kappa shape index (κ3) is 3.06. The molecule has 7 heteroatoms. The molecule has 0 atom stereocenters. The molecule has 0 heterocycles. The van der Waals surface area contributed by atoms with Crippen molar-refractivity contribution in [2.24, 2.45) is 0 Å². The van der Waals surface area contributed by atoms with Crippen molar-refractivity contribution in [2.45, 2.75) is 4.90 Å². The number of aliphatic carboxylic acids is 1. The van der Waals surface area contributed by atoms with Gasteiger partial charge in [0.15, 0.2) is 9.84 Å². The highest BCUT2D eigenvalue weighted by Gasteiger charge is 2.13. The highest BCUT2D eigenvalue weighted by molar-refractivity contribution is 7.90. The zero-order valence-electron chi connectivity index (χ0n) is 8.30. The number of hydrogen-bond donors (Lipinski definition) is 2. The number of nitrogens with one attached hydrogen (secondary N) is 1. The van der Waals surface area contributed by atoms with Crippen LogP contribution in [0, 0.1) is 0 Å². The van der Waals surface area contributed by atoms with E-state index in [1.165, 1.54) is 24.3 Å². The Kier molecular flexibility index (Phi) is 3.28. The normalized spacial score (nSPS) is 10.8. The Labute approximate surface area is 91.8 Å². The molecule has 2 N–H and O–H groups in total. The second kappa shape index (κ2) is 4.31. The van der Waals surface area contributed by atoms with E-state index in [2.05, 4.69) is 5.32 Å². The highest BCUT2D eigenvalue weighted by atomic mass is 32.2. The van der Waals surface area contributed by atoms with E-state index in [0.29, 0.717) is 0 Å². The molecule has 1 aromatic carbocycles. The second-order valence-electron chi connectivity index (χ2n) is 3.06. The Morgan fingerprint density at radius 1 is 1.31 bits per heavy atom. The van der Waals surface area contributed by atoms with Crippen molar-refractivity contribution >= 4 is 27.4 Å². The van der Waals surface area contributed by atoms with Crippen LogP contribution in [0.25, 0.3) is 0 Å². The fraction of sp³-hybridized carbons (Fsp3) is 0.111. The number of carbonyl (C=O) groups excluding carboxylic acids is 1. The molecule has 0 aliphatic rings. The van der Waals surface area contributed by atoms with Gasteiger partial charge in [0.05, 0.1) is 4.90 Å². The third-order valence-electron chi connectivity index (χ3n) is 1.71. The van der Waals surface area contributed by atoms with Crippen molar-refractivity contribution in [3.05, 3.63) is 24.3 Å². The molecule has 0 unspecified atom stereocenters. The Hall–Kier alpha value is -1.89. The first-order valence-corrected chi connectivity index (χ1v) is 6.04. The number of rotatable bonds is 2. The number of anilines is 1. The molecule has 0 saturated heterocycles. The molecular weight excluding hydrogens is 234 g/mol. The van der Waals surface area contributed by atoms with Crippen molar-refractivity contribution in [3.63, 3.8) is 0 Å². The van der Waals surface area contributed by atoms with Gasteiger partial charge in [0.25, 0.3) is 0 Å². The van der Waals surface area contributed by atoms with Gasteiger partial charge in [-0.15, -0.1) is 0 Å². The number of hydrogen-bond acceptors (Lipinski definition) is 4. The minimum Gasteiger partial charge on any atom is -0.474 e. The highest BCUT2D eigenvalue weighted by Crippen LogP contribution is 2.14. The molecule has 1 amide bonds. The molecule has 0 radical (unpaired) electrons. The van der Waals surface area contributed by atoms with Gasteiger partial charge < -0.3 is 10.4 Å². The van der Waals surface area contributed by atoms with E-state index in [1.807, 2.05) is 0 Å². The Morgan fingerprint density at radius 2 is 1.94 bits per heavy atom. The summed E-state index contributed by atoms with van der Waals surface area (Å²) in [4.78, 5) is 21.1. The monoisotopic (exact) mass is 243 g/mol. The molecule has 0 aromatic heterocycles. The van der Waals surface area contributed by atoms with Crippen LogP contribution >= 0.6 is 0 Å². The van der Waals surface area contributed by atoms with Crippen molar-refractivity contribution in [3.8, 4) is 0 Å². The van der Waals surface area contributed by atoms with Gasteiger partial charge in [0.1, 0.15) is 0 Å². The average Bonchev–Trinajstić information content (AvgIpc) is 2.16. The molecule has 0 aliphatic carbocycles. The van der Waals surface area contributed by atoms with E-state index in [-0.39, 0.29) is 10.6 Å². The van der Waals surface area contributed by atoms with Crippen LogP contribution in [0.3, 0.4) is 0 Å². The van der Waals surface area contributed by atoms with Gasteiger partial charge in [-0.3, -0.25) is 4.79 Å². The number of amides is 1. The number of benzene rings is 1. The van der Waals surface area contributed by atoms with Gasteiger partial charge in [-0.25, -0.2) is 13.2 Å². The lowest BCUT2D eigenvalue weighted by Crippen LogP contribution is -2.21. The number of carbonyl (C=O) groups is 2. The van der Waals surface area contributed by atoms with Gasteiger partial charge in [-0.05, 0) is 18.2 Å². The molecule has 0 bridgehead atoms. The summed E-state index contributed by atoms with van der Waals surface area (Å²) in [5.41, 5.74) is 0.121. The molecular formula is C9H9NO5S. The first-order valence-electron chi connectivity index (χ1n) is 4.15. The summed E-state index contributed by atoms with van der Waals surface area (Å²) in [5.74, 6) is -2.85. The summed E-state index contributed by atoms with van der Waals surface area (Å²) < 4.78 is 22.4. The summed E-state index contributed by atoms with van der Waals surface area (Å²) >= 11 is 0. The van der Waals surface area contributed by atoms with E-state index in [1.54, 1.807) is 0 Å². The van der Waals surface area contributed by atoms with Crippen LogP contribution in [0.1, 0.15) is 0 Å². The van der Waals surface area contributed by atoms with Crippen molar-refractivity contribution < 1.29 is 23.1 Å². The smallest absolute Gasteiger partial charge is 0.394 e.